The molecule has 0 bridgehead atoms. The van der Waals surface area contributed by atoms with Crippen molar-refractivity contribution in [2.75, 3.05) is 6.26 Å². The van der Waals surface area contributed by atoms with Gasteiger partial charge in [0.25, 0.3) is 0 Å². The van der Waals surface area contributed by atoms with Crippen molar-refractivity contribution in [2.24, 2.45) is 0 Å². The van der Waals surface area contributed by atoms with Gasteiger partial charge in [-0.05, 0) is 30.2 Å². The minimum Gasteiger partial charge on any atom is -0.459 e. The Bertz CT molecular complexity index is 749. The highest BCUT2D eigenvalue weighted by Gasteiger charge is 2.13. The van der Waals surface area contributed by atoms with Gasteiger partial charge < -0.3 is 4.74 Å². The van der Waals surface area contributed by atoms with Crippen LogP contribution in [0.3, 0.4) is 0 Å². The molecule has 4 nitrogen and oxygen atoms in total. The summed E-state index contributed by atoms with van der Waals surface area (Å²) in [6.45, 7) is 1.85. The van der Waals surface area contributed by atoms with Crippen molar-refractivity contribution in [1.29, 1.82) is 0 Å². The standard InChI is InChI=1S/C18H20O4S/c1-14(12-15-6-4-3-5-7-15)22-18(19)17-10-8-16(9-11-17)13-23(2,20)21/h3-11,14H,12-13H2,1-2H3/t14-/m1/s1. The van der Waals surface area contributed by atoms with E-state index in [1.807, 2.05) is 37.3 Å². The summed E-state index contributed by atoms with van der Waals surface area (Å²) in [5.74, 6) is -0.438. The molecule has 2 aromatic carbocycles. The molecular formula is C18H20O4S. The van der Waals surface area contributed by atoms with Gasteiger partial charge in [-0.3, -0.25) is 0 Å². The molecular weight excluding hydrogens is 312 g/mol. The molecule has 0 heterocycles. The second-order valence-corrected chi connectivity index (χ2v) is 7.81. The lowest BCUT2D eigenvalue weighted by atomic mass is 10.1. The summed E-state index contributed by atoms with van der Waals surface area (Å²) < 4.78 is 27.9. The Balaban J connectivity index is 1.95. The van der Waals surface area contributed by atoms with Crippen molar-refractivity contribution in [1.82, 2.24) is 0 Å². The smallest absolute Gasteiger partial charge is 0.338 e. The third-order valence-corrected chi connectivity index (χ3v) is 4.15. The second kappa shape index (κ2) is 7.42. The molecule has 0 saturated heterocycles. The molecule has 2 aromatic rings. The Morgan fingerprint density at radius 3 is 2.17 bits per heavy atom. The topological polar surface area (TPSA) is 60.4 Å². The van der Waals surface area contributed by atoms with Gasteiger partial charge in [0.2, 0.25) is 0 Å². The number of sulfone groups is 1. The van der Waals surface area contributed by atoms with Gasteiger partial charge >= 0.3 is 5.97 Å². The maximum atomic E-state index is 12.1. The van der Waals surface area contributed by atoms with Crippen LogP contribution < -0.4 is 0 Å². The number of rotatable bonds is 6. The second-order valence-electron chi connectivity index (χ2n) is 5.67. The lowest BCUT2D eigenvalue weighted by Gasteiger charge is -2.13. The fourth-order valence-electron chi connectivity index (χ4n) is 2.28. The molecule has 0 radical (unpaired) electrons. The lowest BCUT2D eigenvalue weighted by Crippen LogP contribution is -2.17. The first kappa shape index (κ1) is 17.2. The lowest BCUT2D eigenvalue weighted by molar-refractivity contribution is 0.0343. The summed E-state index contributed by atoms with van der Waals surface area (Å²) in [6, 6.07) is 16.3. The first-order chi connectivity index (χ1) is 10.8. The molecule has 0 aliphatic carbocycles. The quantitative estimate of drug-likeness (QED) is 0.763. The molecule has 1 atom stereocenters. The van der Waals surface area contributed by atoms with Crippen molar-refractivity contribution >= 4 is 15.8 Å². The van der Waals surface area contributed by atoms with Gasteiger partial charge in [-0.25, -0.2) is 13.2 Å². The molecule has 0 unspecified atom stereocenters. The van der Waals surface area contributed by atoms with E-state index in [9.17, 15) is 13.2 Å². The number of ether oxygens (including phenoxy) is 1. The average Bonchev–Trinajstić information content (AvgIpc) is 2.47. The van der Waals surface area contributed by atoms with Gasteiger partial charge in [0.1, 0.15) is 6.10 Å². The summed E-state index contributed by atoms with van der Waals surface area (Å²) in [5, 5.41) is 0. The number of carbonyl (C=O) groups is 1. The van der Waals surface area contributed by atoms with Crippen LogP contribution in [0, 0.1) is 0 Å². The SMILES string of the molecule is C[C@H](Cc1ccccc1)OC(=O)c1ccc(CS(C)(=O)=O)cc1. The van der Waals surface area contributed by atoms with E-state index >= 15 is 0 Å². The zero-order chi connectivity index (χ0) is 16.9. The molecule has 23 heavy (non-hydrogen) atoms. The molecule has 0 aliphatic heterocycles. The van der Waals surface area contributed by atoms with Crippen LogP contribution in [0.15, 0.2) is 54.6 Å². The molecule has 0 amide bonds. The fraction of sp³-hybridized carbons (Fsp3) is 0.278. The molecule has 0 N–H and O–H groups in total. The Labute approximate surface area is 137 Å². The van der Waals surface area contributed by atoms with E-state index in [1.165, 1.54) is 6.26 Å². The van der Waals surface area contributed by atoms with Crippen LogP contribution in [0.5, 0.6) is 0 Å². The van der Waals surface area contributed by atoms with Gasteiger partial charge in [-0.2, -0.15) is 0 Å². The first-order valence-corrected chi connectivity index (χ1v) is 9.41. The van der Waals surface area contributed by atoms with Crippen molar-refractivity contribution < 1.29 is 17.9 Å². The summed E-state index contributed by atoms with van der Waals surface area (Å²) in [4.78, 5) is 12.1. The number of hydrogen-bond donors (Lipinski definition) is 0. The fourth-order valence-corrected chi connectivity index (χ4v) is 3.08. The minimum absolute atomic E-state index is 0.0350. The Kier molecular flexibility index (Phi) is 5.55. The average molecular weight is 332 g/mol. The highest BCUT2D eigenvalue weighted by atomic mass is 32.2. The number of benzene rings is 2. The van der Waals surface area contributed by atoms with Crippen molar-refractivity contribution in [3.05, 3.63) is 71.3 Å². The summed E-state index contributed by atoms with van der Waals surface area (Å²) in [5.41, 5.74) is 2.18. The van der Waals surface area contributed by atoms with Gasteiger partial charge in [-0.1, -0.05) is 42.5 Å². The van der Waals surface area contributed by atoms with Crippen LogP contribution in [-0.4, -0.2) is 26.7 Å². The zero-order valence-corrected chi connectivity index (χ0v) is 14.0. The van der Waals surface area contributed by atoms with Crippen molar-refractivity contribution in [3.8, 4) is 0 Å². The first-order valence-electron chi connectivity index (χ1n) is 7.35. The van der Waals surface area contributed by atoms with Gasteiger partial charge in [-0.15, -0.1) is 0 Å². The minimum atomic E-state index is -3.08. The van der Waals surface area contributed by atoms with Gasteiger partial charge in [0.15, 0.2) is 9.84 Å². The van der Waals surface area contributed by atoms with E-state index in [0.29, 0.717) is 17.5 Å². The van der Waals surface area contributed by atoms with Crippen LogP contribution >= 0.6 is 0 Å². The van der Waals surface area contributed by atoms with E-state index in [2.05, 4.69) is 0 Å². The Morgan fingerprint density at radius 1 is 1.00 bits per heavy atom. The molecule has 0 spiro atoms. The van der Waals surface area contributed by atoms with Crippen molar-refractivity contribution in [2.45, 2.75) is 25.2 Å². The number of esters is 1. The molecule has 122 valence electrons. The van der Waals surface area contributed by atoms with Crippen molar-refractivity contribution in [3.63, 3.8) is 0 Å². The van der Waals surface area contributed by atoms with E-state index in [4.69, 9.17) is 4.74 Å². The van der Waals surface area contributed by atoms with Crippen LogP contribution in [0.2, 0.25) is 0 Å². The van der Waals surface area contributed by atoms with E-state index < -0.39 is 15.8 Å². The Morgan fingerprint density at radius 2 is 1.61 bits per heavy atom. The van der Waals surface area contributed by atoms with Crippen LogP contribution in [0.4, 0.5) is 0 Å². The Hall–Kier alpha value is -2.14. The molecule has 0 aromatic heterocycles. The maximum Gasteiger partial charge on any atom is 0.338 e. The largest absolute Gasteiger partial charge is 0.459 e. The normalized spacial score (nSPS) is 12.6. The molecule has 0 aliphatic rings. The molecule has 5 heteroatoms. The van der Waals surface area contributed by atoms with Crippen LogP contribution in [0.25, 0.3) is 0 Å². The predicted octanol–water partition coefficient (Wildman–Crippen LogP) is 3.02. The summed E-state index contributed by atoms with van der Waals surface area (Å²) in [6.07, 6.45) is 1.60. The molecule has 0 saturated carbocycles. The number of carbonyl (C=O) groups excluding carboxylic acids is 1. The van der Waals surface area contributed by atoms with E-state index in [0.717, 1.165) is 5.56 Å². The molecule has 2 rings (SSSR count). The highest BCUT2D eigenvalue weighted by molar-refractivity contribution is 7.89. The monoisotopic (exact) mass is 332 g/mol. The molecule has 0 fully saturated rings. The van der Waals surface area contributed by atoms with Gasteiger partial charge in [0, 0.05) is 12.7 Å². The third-order valence-electron chi connectivity index (χ3n) is 3.29. The summed E-state index contributed by atoms with van der Waals surface area (Å²) >= 11 is 0. The third kappa shape index (κ3) is 5.87. The van der Waals surface area contributed by atoms with Gasteiger partial charge in [0.05, 0.1) is 11.3 Å². The van der Waals surface area contributed by atoms with Crippen LogP contribution in [0.1, 0.15) is 28.4 Å². The number of hydrogen-bond acceptors (Lipinski definition) is 4. The van der Waals surface area contributed by atoms with Crippen LogP contribution in [-0.2, 0) is 26.7 Å². The predicted molar refractivity (Wildman–Crippen MR) is 90.0 cm³/mol. The highest BCUT2D eigenvalue weighted by Crippen LogP contribution is 2.12. The zero-order valence-electron chi connectivity index (χ0n) is 13.2. The maximum absolute atomic E-state index is 12.1. The summed E-state index contributed by atoms with van der Waals surface area (Å²) in [7, 11) is -3.08. The van der Waals surface area contributed by atoms with E-state index in [-0.39, 0.29) is 11.9 Å². The van der Waals surface area contributed by atoms with E-state index in [1.54, 1.807) is 24.3 Å².